The highest BCUT2D eigenvalue weighted by atomic mass is 32.2. The number of hydrogen-bond acceptors (Lipinski definition) is 5. The van der Waals surface area contributed by atoms with Gasteiger partial charge in [-0.25, -0.2) is 8.42 Å². The molecular formula is C20H24N2O4S. The number of ether oxygens (including phenoxy) is 2. The Hall–Kier alpha value is -2.12. The van der Waals surface area contributed by atoms with E-state index in [1.807, 2.05) is 19.1 Å². The lowest BCUT2D eigenvalue weighted by molar-refractivity contribution is 0.0955. The monoisotopic (exact) mass is 388 g/mol. The minimum atomic E-state index is -3.60. The molecule has 3 heterocycles. The van der Waals surface area contributed by atoms with Gasteiger partial charge in [-0.15, -0.1) is 0 Å². The minimum absolute atomic E-state index is 0.0264. The Morgan fingerprint density at radius 3 is 2.41 bits per heavy atom. The molecule has 1 aromatic carbocycles. The van der Waals surface area contributed by atoms with Crippen molar-refractivity contribution in [2.75, 3.05) is 6.61 Å². The standard InChI is InChI=1S/C20H24N2O4S/c1-2-25-19-5-3-4-6-20(19)27(23,24)22-15-7-8-16(22)14-18(13-15)26-17-9-11-21-12-10-17/h3-6,9-12,15-16,18H,2,7-8,13-14H2,1H3. The number of benzene rings is 1. The molecular weight excluding hydrogens is 364 g/mol. The van der Waals surface area contributed by atoms with Gasteiger partial charge < -0.3 is 9.47 Å². The Kier molecular flexibility index (Phi) is 5.06. The molecule has 2 saturated heterocycles. The molecule has 0 saturated carbocycles. The zero-order valence-electron chi connectivity index (χ0n) is 15.3. The number of pyridine rings is 1. The van der Waals surface area contributed by atoms with Gasteiger partial charge in [-0.3, -0.25) is 4.98 Å². The highest BCUT2D eigenvalue weighted by Gasteiger charge is 2.48. The van der Waals surface area contributed by atoms with Crippen LogP contribution in [0.2, 0.25) is 0 Å². The number of fused-ring (bicyclic) bond motifs is 2. The lowest BCUT2D eigenvalue weighted by Crippen LogP contribution is -2.49. The van der Waals surface area contributed by atoms with Gasteiger partial charge in [-0.1, -0.05) is 12.1 Å². The predicted molar refractivity (Wildman–Crippen MR) is 101 cm³/mol. The zero-order chi connectivity index (χ0) is 18.9. The first-order chi connectivity index (χ1) is 13.1. The Morgan fingerprint density at radius 1 is 1.07 bits per heavy atom. The molecule has 27 heavy (non-hydrogen) atoms. The van der Waals surface area contributed by atoms with E-state index in [0.717, 1.165) is 18.6 Å². The maximum absolute atomic E-state index is 13.4. The van der Waals surface area contributed by atoms with Gasteiger partial charge in [0.2, 0.25) is 10.0 Å². The fourth-order valence-corrected chi connectivity index (χ4v) is 6.26. The first-order valence-electron chi connectivity index (χ1n) is 9.41. The van der Waals surface area contributed by atoms with Crippen LogP contribution < -0.4 is 9.47 Å². The molecule has 0 N–H and O–H groups in total. The molecule has 2 bridgehead atoms. The van der Waals surface area contributed by atoms with Crippen molar-refractivity contribution < 1.29 is 17.9 Å². The molecule has 2 aliphatic rings. The zero-order valence-corrected chi connectivity index (χ0v) is 16.1. The van der Waals surface area contributed by atoms with Gasteiger partial charge in [-0.05, 0) is 44.0 Å². The number of sulfonamides is 1. The normalized spacial score (nSPS) is 25.3. The number of aromatic nitrogens is 1. The van der Waals surface area contributed by atoms with Crippen LogP contribution in [-0.2, 0) is 10.0 Å². The summed E-state index contributed by atoms with van der Waals surface area (Å²) in [6.45, 7) is 2.29. The third-order valence-electron chi connectivity index (χ3n) is 5.28. The van der Waals surface area contributed by atoms with Gasteiger partial charge in [0.1, 0.15) is 22.5 Å². The molecule has 0 spiro atoms. The number of hydrogen-bond donors (Lipinski definition) is 0. The van der Waals surface area contributed by atoms with Crippen molar-refractivity contribution in [1.29, 1.82) is 0 Å². The number of para-hydroxylation sites is 1. The van der Waals surface area contributed by atoms with Gasteiger partial charge in [0.25, 0.3) is 0 Å². The molecule has 2 atom stereocenters. The number of piperidine rings is 1. The van der Waals surface area contributed by atoms with Crippen LogP contribution in [0.4, 0.5) is 0 Å². The largest absolute Gasteiger partial charge is 0.492 e. The second-order valence-corrected chi connectivity index (χ2v) is 8.81. The second-order valence-electron chi connectivity index (χ2n) is 6.99. The second kappa shape index (κ2) is 7.48. The van der Waals surface area contributed by atoms with Gasteiger partial charge in [0.15, 0.2) is 0 Å². The van der Waals surface area contributed by atoms with Crippen LogP contribution in [0.25, 0.3) is 0 Å². The molecule has 0 aliphatic carbocycles. The molecule has 1 aromatic heterocycles. The summed E-state index contributed by atoms with van der Waals surface area (Å²) in [6.07, 6.45) is 6.58. The summed E-state index contributed by atoms with van der Waals surface area (Å²) in [5.74, 6) is 1.21. The molecule has 144 valence electrons. The van der Waals surface area contributed by atoms with E-state index in [-0.39, 0.29) is 23.1 Å². The average Bonchev–Trinajstić information content (AvgIpc) is 2.96. The van der Waals surface area contributed by atoms with E-state index in [1.165, 1.54) is 0 Å². The van der Waals surface area contributed by atoms with E-state index in [1.54, 1.807) is 41.0 Å². The van der Waals surface area contributed by atoms with Crippen molar-refractivity contribution in [3.05, 3.63) is 48.8 Å². The molecule has 0 radical (unpaired) electrons. The Bertz CT molecular complexity index is 874. The van der Waals surface area contributed by atoms with Gasteiger partial charge >= 0.3 is 0 Å². The molecule has 4 rings (SSSR count). The van der Waals surface area contributed by atoms with Crippen molar-refractivity contribution in [3.63, 3.8) is 0 Å². The topological polar surface area (TPSA) is 68.7 Å². The maximum Gasteiger partial charge on any atom is 0.247 e. The summed E-state index contributed by atoms with van der Waals surface area (Å²) >= 11 is 0. The highest BCUT2D eigenvalue weighted by molar-refractivity contribution is 7.89. The van der Waals surface area contributed by atoms with Crippen LogP contribution in [0.1, 0.15) is 32.6 Å². The first kappa shape index (κ1) is 18.3. The Balaban J connectivity index is 1.56. The van der Waals surface area contributed by atoms with E-state index in [0.29, 0.717) is 25.2 Å². The summed E-state index contributed by atoms with van der Waals surface area (Å²) in [4.78, 5) is 4.26. The van der Waals surface area contributed by atoms with Crippen LogP contribution >= 0.6 is 0 Å². The van der Waals surface area contributed by atoms with Crippen molar-refractivity contribution in [2.24, 2.45) is 0 Å². The van der Waals surface area contributed by atoms with Crippen molar-refractivity contribution in [3.8, 4) is 11.5 Å². The van der Waals surface area contributed by atoms with Crippen LogP contribution in [-0.4, -0.2) is 42.5 Å². The van der Waals surface area contributed by atoms with E-state index >= 15 is 0 Å². The highest BCUT2D eigenvalue weighted by Crippen LogP contribution is 2.42. The van der Waals surface area contributed by atoms with E-state index in [9.17, 15) is 8.42 Å². The summed E-state index contributed by atoms with van der Waals surface area (Å²) in [5.41, 5.74) is 0. The van der Waals surface area contributed by atoms with Gasteiger partial charge in [-0.2, -0.15) is 4.31 Å². The van der Waals surface area contributed by atoms with Crippen molar-refractivity contribution in [2.45, 2.75) is 55.7 Å². The van der Waals surface area contributed by atoms with Crippen molar-refractivity contribution in [1.82, 2.24) is 9.29 Å². The SMILES string of the molecule is CCOc1ccccc1S(=O)(=O)N1C2CCC1CC(Oc1ccncc1)C2. The van der Waals surface area contributed by atoms with Gasteiger partial charge in [0.05, 0.1) is 6.61 Å². The molecule has 2 fully saturated rings. The quantitative estimate of drug-likeness (QED) is 0.760. The summed E-state index contributed by atoms with van der Waals surface area (Å²) in [6, 6.07) is 10.5. The molecule has 6 nitrogen and oxygen atoms in total. The first-order valence-corrected chi connectivity index (χ1v) is 10.9. The van der Waals surface area contributed by atoms with Gasteiger partial charge in [0, 0.05) is 37.3 Å². The smallest absolute Gasteiger partial charge is 0.247 e. The molecule has 2 aliphatic heterocycles. The summed E-state index contributed by atoms with van der Waals surface area (Å²) in [7, 11) is -3.60. The maximum atomic E-state index is 13.4. The molecule has 7 heteroatoms. The van der Waals surface area contributed by atoms with Crippen LogP contribution in [0.15, 0.2) is 53.7 Å². The summed E-state index contributed by atoms with van der Waals surface area (Å²) < 4.78 is 40.2. The van der Waals surface area contributed by atoms with E-state index < -0.39 is 10.0 Å². The third kappa shape index (κ3) is 3.53. The van der Waals surface area contributed by atoms with Crippen LogP contribution in [0.5, 0.6) is 11.5 Å². The lowest BCUT2D eigenvalue weighted by atomic mass is 10.0. The third-order valence-corrected chi connectivity index (χ3v) is 7.32. The minimum Gasteiger partial charge on any atom is -0.492 e. The van der Waals surface area contributed by atoms with E-state index in [4.69, 9.17) is 9.47 Å². The fraction of sp³-hybridized carbons (Fsp3) is 0.450. The van der Waals surface area contributed by atoms with Crippen LogP contribution in [0.3, 0.4) is 0 Å². The Labute approximate surface area is 160 Å². The number of rotatable bonds is 6. The van der Waals surface area contributed by atoms with E-state index in [2.05, 4.69) is 4.98 Å². The molecule has 2 aromatic rings. The van der Waals surface area contributed by atoms with Crippen molar-refractivity contribution >= 4 is 10.0 Å². The lowest BCUT2D eigenvalue weighted by Gasteiger charge is -2.38. The fourth-order valence-electron chi connectivity index (χ4n) is 4.23. The number of nitrogens with zero attached hydrogens (tertiary/aromatic N) is 2. The summed E-state index contributed by atoms with van der Waals surface area (Å²) in [5, 5.41) is 0. The molecule has 0 amide bonds. The average molecular weight is 388 g/mol. The molecule has 2 unspecified atom stereocenters. The predicted octanol–water partition coefficient (Wildman–Crippen LogP) is 3.24. The van der Waals surface area contributed by atoms with Crippen LogP contribution in [0, 0.1) is 0 Å². The Morgan fingerprint density at radius 2 is 1.74 bits per heavy atom.